The number of nitrogens with one attached hydrogen (secondary N) is 1. The summed E-state index contributed by atoms with van der Waals surface area (Å²) in [6.45, 7) is 1.64. The minimum atomic E-state index is -0.462. The van der Waals surface area contributed by atoms with Gasteiger partial charge < -0.3 is 10.1 Å². The van der Waals surface area contributed by atoms with Crippen LogP contribution in [0.3, 0.4) is 0 Å². The lowest BCUT2D eigenvalue weighted by Gasteiger charge is -2.06. The fourth-order valence-corrected chi connectivity index (χ4v) is 0.793. The number of carbonyl (C=O) groups is 2. The summed E-state index contributed by atoms with van der Waals surface area (Å²) in [5.74, 6) is -0.558. The van der Waals surface area contributed by atoms with E-state index in [4.69, 9.17) is 0 Å². The van der Waals surface area contributed by atoms with Crippen molar-refractivity contribution in [1.82, 2.24) is 5.32 Å². The van der Waals surface area contributed by atoms with Crippen LogP contribution in [-0.2, 0) is 14.3 Å². The van der Waals surface area contributed by atoms with E-state index in [1.807, 2.05) is 0 Å². The molecule has 0 rings (SSSR count). The number of carbonyl (C=O) groups excluding carboxylic acids is 2. The van der Waals surface area contributed by atoms with E-state index in [9.17, 15) is 9.59 Å². The number of hydrogen-bond acceptors (Lipinski definition) is 3. The zero-order chi connectivity index (χ0) is 8.85. The highest BCUT2D eigenvalue weighted by atomic mass is 79.9. The van der Waals surface area contributed by atoms with E-state index in [1.165, 1.54) is 14.0 Å². The highest BCUT2D eigenvalue weighted by molar-refractivity contribution is 9.10. The van der Waals surface area contributed by atoms with Crippen LogP contribution in [0.5, 0.6) is 0 Å². The molecule has 0 aromatic carbocycles. The molecule has 0 aliphatic carbocycles. The molecule has 1 atom stereocenters. The first-order chi connectivity index (χ1) is 5.07. The van der Waals surface area contributed by atoms with Gasteiger partial charge in [-0.05, 0) is 0 Å². The molecule has 0 aromatic rings. The normalized spacial score (nSPS) is 11.9. The second-order valence-electron chi connectivity index (χ2n) is 1.93. The Balaban J connectivity index is 3.60. The third kappa shape index (κ3) is 4.78. The van der Waals surface area contributed by atoms with Crippen molar-refractivity contribution in [3.8, 4) is 0 Å². The molecule has 0 aromatic heterocycles. The molecule has 0 fully saturated rings. The molecule has 0 bridgehead atoms. The number of alkyl halides is 1. The van der Waals surface area contributed by atoms with Crippen molar-refractivity contribution in [3.63, 3.8) is 0 Å². The van der Waals surface area contributed by atoms with Crippen LogP contribution in [0.1, 0.15) is 6.92 Å². The highest BCUT2D eigenvalue weighted by Crippen LogP contribution is 1.99. The Morgan fingerprint density at radius 1 is 1.64 bits per heavy atom. The van der Waals surface area contributed by atoms with E-state index in [0.29, 0.717) is 0 Å². The highest BCUT2D eigenvalue weighted by Gasteiger charge is 2.14. The van der Waals surface area contributed by atoms with Crippen molar-refractivity contribution in [2.24, 2.45) is 0 Å². The van der Waals surface area contributed by atoms with E-state index in [1.54, 1.807) is 0 Å². The summed E-state index contributed by atoms with van der Waals surface area (Å²) in [4.78, 5) is 20.6. The first kappa shape index (κ1) is 10.4. The van der Waals surface area contributed by atoms with Gasteiger partial charge in [-0.15, -0.1) is 0 Å². The Labute approximate surface area is 73.4 Å². The molecule has 1 unspecified atom stereocenters. The molecule has 1 N–H and O–H groups in total. The number of methoxy groups -OCH3 is 1. The van der Waals surface area contributed by atoms with Crippen LogP contribution in [0.2, 0.25) is 0 Å². The van der Waals surface area contributed by atoms with Crippen molar-refractivity contribution in [2.45, 2.75) is 11.8 Å². The van der Waals surface area contributed by atoms with Gasteiger partial charge in [0.05, 0.1) is 7.11 Å². The molecule has 0 heterocycles. The number of ether oxygens (including phenoxy) is 1. The topological polar surface area (TPSA) is 55.4 Å². The Bertz CT molecular complexity index is 160. The lowest BCUT2D eigenvalue weighted by molar-refractivity contribution is -0.139. The van der Waals surface area contributed by atoms with Crippen LogP contribution in [0, 0.1) is 0 Å². The second kappa shape index (κ2) is 5.12. The van der Waals surface area contributed by atoms with E-state index in [0.717, 1.165) is 0 Å². The van der Waals surface area contributed by atoms with Gasteiger partial charge in [-0.3, -0.25) is 9.59 Å². The van der Waals surface area contributed by atoms with Gasteiger partial charge in [0.25, 0.3) is 0 Å². The average Bonchev–Trinajstić information content (AvgIpc) is 1.98. The zero-order valence-electron chi connectivity index (χ0n) is 6.39. The monoisotopic (exact) mass is 223 g/mol. The minimum absolute atomic E-state index is 0.168. The Morgan fingerprint density at radius 2 is 2.18 bits per heavy atom. The molecule has 0 saturated carbocycles. The SMILES string of the molecule is COC(=O)C(Br)CNC(C)=O. The maximum atomic E-state index is 10.7. The van der Waals surface area contributed by atoms with E-state index in [-0.39, 0.29) is 12.5 Å². The van der Waals surface area contributed by atoms with E-state index >= 15 is 0 Å². The van der Waals surface area contributed by atoms with Gasteiger partial charge in [0, 0.05) is 13.5 Å². The van der Waals surface area contributed by atoms with Crippen LogP contribution in [0.25, 0.3) is 0 Å². The molecule has 11 heavy (non-hydrogen) atoms. The molecule has 4 nitrogen and oxygen atoms in total. The van der Waals surface area contributed by atoms with Crippen molar-refractivity contribution in [1.29, 1.82) is 0 Å². The second-order valence-corrected chi connectivity index (χ2v) is 3.03. The summed E-state index contributed by atoms with van der Waals surface area (Å²) in [6.07, 6.45) is 0. The first-order valence-corrected chi connectivity index (χ1v) is 3.95. The minimum Gasteiger partial charge on any atom is -0.468 e. The maximum Gasteiger partial charge on any atom is 0.321 e. The van der Waals surface area contributed by atoms with Crippen molar-refractivity contribution >= 4 is 27.8 Å². The fraction of sp³-hybridized carbons (Fsp3) is 0.667. The molecule has 5 heteroatoms. The quantitative estimate of drug-likeness (QED) is 0.544. The average molecular weight is 224 g/mol. The Hall–Kier alpha value is -0.580. The summed E-state index contributed by atoms with van der Waals surface area (Å²) in [6, 6.07) is 0. The molecular weight excluding hydrogens is 214 g/mol. The van der Waals surface area contributed by atoms with Gasteiger partial charge in [0.2, 0.25) is 5.91 Å². The molecular formula is C6H10BrNO3. The Morgan fingerprint density at radius 3 is 2.55 bits per heavy atom. The summed E-state index contributed by atoms with van der Waals surface area (Å²) >= 11 is 3.04. The first-order valence-electron chi connectivity index (χ1n) is 3.04. The predicted octanol–water partition coefficient (Wildman–Crippen LogP) is 0.0590. The summed E-state index contributed by atoms with van der Waals surface area (Å²) in [5.41, 5.74) is 0. The summed E-state index contributed by atoms with van der Waals surface area (Å²) in [7, 11) is 1.30. The van der Waals surface area contributed by atoms with Gasteiger partial charge >= 0.3 is 5.97 Å². The molecule has 0 saturated heterocycles. The van der Waals surface area contributed by atoms with E-state index < -0.39 is 10.8 Å². The maximum absolute atomic E-state index is 10.7. The van der Waals surface area contributed by atoms with E-state index in [2.05, 4.69) is 26.0 Å². The van der Waals surface area contributed by atoms with Gasteiger partial charge in [0.15, 0.2) is 0 Å². The third-order valence-electron chi connectivity index (χ3n) is 0.987. The van der Waals surface area contributed by atoms with Crippen molar-refractivity contribution in [2.75, 3.05) is 13.7 Å². The number of hydrogen-bond donors (Lipinski definition) is 1. The van der Waals surface area contributed by atoms with Gasteiger partial charge in [-0.25, -0.2) is 0 Å². The largest absolute Gasteiger partial charge is 0.468 e. The lowest BCUT2D eigenvalue weighted by atomic mass is 10.4. The van der Waals surface area contributed by atoms with Crippen LogP contribution < -0.4 is 5.32 Å². The zero-order valence-corrected chi connectivity index (χ0v) is 7.97. The number of esters is 1. The van der Waals surface area contributed by atoms with Gasteiger partial charge in [-0.2, -0.15) is 0 Å². The Kier molecular flexibility index (Phi) is 4.85. The van der Waals surface area contributed by atoms with Gasteiger partial charge in [0.1, 0.15) is 4.83 Å². The molecule has 1 amide bonds. The molecule has 64 valence electrons. The standard InChI is InChI=1S/C6H10BrNO3/c1-4(9)8-3-5(7)6(10)11-2/h5H,3H2,1-2H3,(H,8,9). The van der Waals surface area contributed by atoms with Crippen LogP contribution in [0.4, 0.5) is 0 Å². The molecule has 0 aliphatic rings. The van der Waals surface area contributed by atoms with Crippen LogP contribution in [-0.4, -0.2) is 30.4 Å². The summed E-state index contributed by atoms with van der Waals surface area (Å²) in [5, 5.41) is 2.47. The fourth-order valence-electron chi connectivity index (χ4n) is 0.445. The van der Waals surface area contributed by atoms with Crippen molar-refractivity contribution < 1.29 is 14.3 Å². The van der Waals surface area contributed by atoms with Crippen LogP contribution >= 0.6 is 15.9 Å². The number of rotatable bonds is 3. The summed E-state index contributed by atoms with van der Waals surface area (Å²) < 4.78 is 4.41. The lowest BCUT2D eigenvalue weighted by Crippen LogP contribution is -2.32. The van der Waals surface area contributed by atoms with Gasteiger partial charge in [-0.1, -0.05) is 15.9 Å². The predicted molar refractivity (Wildman–Crippen MR) is 43.4 cm³/mol. The molecule has 0 spiro atoms. The smallest absolute Gasteiger partial charge is 0.321 e. The third-order valence-corrected chi connectivity index (χ3v) is 1.68. The molecule has 0 radical (unpaired) electrons. The van der Waals surface area contributed by atoms with Crippen molar-refractivity contribution in [3.05, 3.63) is 0 Å². The van der Waals surface area contributed by atoms with Crippen LogP contribution in [0.15, 0.2) is 0 Å². The number of halogens is 1. The molecule has 0 aliphatic heterocycles. The number of amides is 1.